The van der Waals surface area contributed by atoms with Gasteiger partial charge in [-0.25, -0.2) is 0 Å². The summed E-state index contributed by atoms with van der Waals surface area (Å²) in [5, 5.41) is 4.59. The third kappa shape index (κ3) is 3.38. The quantitative estimate of drug-likeness (QED) is 0.808. The van der Waals surface area contributed by atoms with Gasteiger partial charge in [-0.15, -0.1) is 0 Å². The molecule has 0 aliphatic carbocycles. The van der Waals surface area contributed by atoms with Crippen LogP contribution in [0.3, 0.4) is 0 Å². The zero-order valence-corrected chi connectivity index (χ0v) is 12.5. The van der Waals surface area contributed by atoms with Crippen LogP contribution < -0.4 is 11.1 Å². The van der Waals surface area contributed by atoms with Gasteiger partial charge in [0.15, 0.2) is 0 Å². The van der Waals surface area contributed by atoms with Crippen molar-refractivity contribution >= 4 is 51.8 Å². The number of aryl methyl sites for hydroxylation is 1. The fourth-order valence-corrected chi connectivity index (χ4v) is 2.31. The minimum absolute atomic E-state index is 0.302. The van der Waals surface area contributed by atoms with Crippen molar-refractivity contribution in [2.24, 2.45) is 5.73 Å². The highest BCUT2D eigenvalue weighted by atomic mass is 35.5. The third-order valence-corrected chi connectivity index (χ3v) is 3.39. The Bertz CT molecular complexity index is 641. The fourth-order valence-electron chi connectivity index (χ4n) is 1.74. The van der Waals surface area contributed by atoms with Crippen molar-refractivity contribution in [2.45, 2.75) is 6.92 Å². The molecule has 0 saturated carbocycles. The zero-order valence-electron chi connectivity index (χ0n) is 10.2. The molecule has 0 amide bonds. The van der Waals surface area contributed by atoms with E-state index in [1.165, 1.54) is 0 Å². The summed E-state index contributed by atoms with van der Waals surface area (Å²) in [5.74, 6) is 0. The summed E-state index contributed by atoms with van der Waals surface area (Å²) in [6, 6.07) is 11.0. The number of hydrogen-bond donors (Lipinski definition) is 2. The molecule has 0 atom stereocenters. The Kier molecular flexibility index (Phi) is 4.30. The van der Waals surface area contributed by atoms with E-state index in [0.29, 0.717) is 15.0 Å². The first kappa shape index (κ1) is 14.1. The van der Waals surface area contributed by atoms with Gasteiger partial charge in [0.05, 0.1) is 0 Å². The van der Waals surface area contributed by atoms with E-state index in [9.17, 15) is 0 Å². The molecule has 0 spiro atoms. The average molecular weight is 311 g/mol. The Hall–Kier alpha value is -1.29. The maximum absolute atomic E-state index is 5.96. The van der Waals surface area contributed by atoms with E-state index in [1.54, 1.807) is 12.1 Å². The van der Waals surface area contributed by atoms with Gasteiger partial charge in [-0.3, -0.25) is 0 Å². The maximum atomic E-state index is 5.96. The van der Waals surface area contributed by atoms with Crippen molar-refractivity contribution in [1.82, 2.24) is 0 Å². The lowest BCUT2D eigenvalue weighted by Crippen LogP contribution is -2.12. The van der Waals surface area contributed by atoms with Crippen LogP contribution in [0, 0.1) is 6.92 Å². The van der Waals surface area contributed by atoms with Crippen molar-refractivity contribution in [3.8, 4) is 0 Å². The van der Waals surface area contributed by atoms with Gasteiger partial charge in [-0.1, -0.05) is 35.4 Å². The molecular weight excluding hydrogens is 299 g/mol. The number of halogens is 2. The number of nitrogens with one attached hydrogen (secondary N) is 1. The number of rotatable bonds is 3. The van der Waals surface area contributed by atoms with Crippen molar-refractivity contribution in [1.29, 1.82) is 0 Å². The lowest BCUT2D eigenvalue weighted by atomic mass is 10.1. The molecule has 0 radical (unpaired) electrons. The molecule has 2 aromatic carbocycles. The van der Waals surface area contributed by atoms with Crippen LogP contribution in [0.5, 0.6) is 0 Å². The number of benzene rings is 2. The van der Waals surface area contributed by atoms with E-state index in [2.05, 4.69) is 5.32 Å². The molecule has 0 aliphatic heterocycles. The Morgan fingerprint density at radius 2 is 1.63 bits per heavy atom. The summed E-state index contributed by atoms with van der Waals surface area (Å²) in [6.45, 7) is 1.98. The molecule has 0 bridgehead atoms. The molecule has 0 aromatic heterocycles. The van der Waals surface area contributed by atoms with E-state index < -0.39 is 0 Å². The van der Waals surface area contributed by atoms with Gasteiger partial charge in [0.1, 0.15) is 4.99 Å². The largest absolute Gasteiger partial charge is 0.389 e. The molecule has 0 aliphatic rings. The molecule has 2 nitrogen and oxygen atoms in total. The van der Waals surface area contributed by atoms with Crippen molar-refractivity contribution in [3.05, 3.63) is 57.6 Å². The molecule has 0 unspecified atom stereocenters. The Morgan fingerprint density at radius 3 is 2.21 bits per heavy atom. The highest BCUT2D eigenvalue weighted by Gasteiger charge is 2.08. The van der Waals surface area contributed by atoms with E-state index in [-0.39, 0.29) is 0 Å². The predicted octanol–water partition coefficient (Wildman–Crippen LogP) is 4.68. The number of nitrogens with two attached hydrogens (primary N) is 1. The molecule has 98 valence electrons. The average Bonchev–Trinajstić information content (AvgIpc) is 2.34. The number of hydrogen-bond acceptors (Lipinski definition) is 2. The van der Waals surface area contributed by atoms with Gasteiger partial charge in [-0.2, -0.15) is 0 Å². The monoisotopic (exact) mass is 310 g/mol. The number of thiocarbonyl (C=S) groups is 1. The summed E-state index contributed by atoms with van der Waals surface area (Å²) in [5.41, 5.74) is 9.24. The zero-order chi connectivity index (χ0) is 14.0. The van der Waals surface area contributed by atoms with Crippen LogP contribution in [-0.4, -0.2) is 4.99 Å². The highest BCUT2D eigenvalue weighted by molar-refractivity contribution is 7.80. The van der Waals surface area contributed by atoms with E-state index >= 15 is 0 Å². The van der Waals surface area contributed by atoms with Gasteiger partial charge >= 0.3 is 0 Å². The second-order valence-corrected chi connectivity index (χ2v) is 5.45. The molecule has 0 saturated heterocycles. The van der Waals surface area contributed by atoms with Crippen LogP contribution in [0.2, 0.25) is 10.0 Å². The Morgan fingerprint density at radius 1 is 1.05 bits per heavy atom. The molecule has 3 N–H and O–H groups in total. The van der Waals surface area contributed by atoms with Gasteiger partial charge in [0.2, 0.25) is 0 Å². The van der Waals surface area contributed by atoms with Crippen LogP contribution >= 0.6 is 35.4 Å². The second-order valence-electron chi connectivity index (χ2n) is 4.14. The first-order valence-electron chi connectivity index (χ1n) is 5.60. The summed E-state index contributed by atoms with van der Waals surface area (Å²) in [4.78, 5) is 0.302. The lowest BCUT2D eigenvalue weighted by Gasteiger charge is -2.13. The smallest absolute Gasteiger partial charge is 0.106 e. The first-order valence-corrected chi connectivity index (χ1v) is 6.76. The van der Waals surface area contributed by atoms with Crippen molar-refractivity contribution < 1.29 is 0 Å². The molecule has 0 fully saturated rings. The predicted molar refractivity (Wildman–Crippen MR) is 86.8 cm³/mol. The summed E-state index contributed by atoms with van der Waals surface area (Å²) >= 11 is 16.9. The fraction of sp³-hybridized carbons (Fsp3) is 0.0714. The summed E-state index contributed by atoms with van der Waals surface area (Å²) < 4.78 is 0. The van der Waals surface area contributed by atoms with Crippen LogP contribution in [0.4, 0.5) is 11.4 Å². The lowest BCUT2D eigenvalue weighted by molar-refractivity contribution is 1.42. The second kappa shape index (κ2) is 5.78. The summed E-state index contributed by atoms with van der Waals surface area (Å²) in [6.07, 6.45) is 0. The number of anilines is 2. The van der Waals surface area contributed by atoms with Gasteiger partial charge in [0, 0.05) is 27.0 Å². The SMILES string of the molecule is Cc1cc(Cl)ccc1Nc1ccc(Cl)cc1C(N)=S. The standard InChI is InChI=1S/C14H12Cl2N2S/c1-8-6-9(15)2-4-12(8)18-13-5-3-10(16)7-11(13)14(17)19/h2-7,18H,1H3,(H2,17,19). The minimum Gasteiger partial charge on any atom is -0.389 e. The maximum Gasteiger partial charge on any atom is 0.106 e. The van der Waals surface area contributed by atoms with Crippen LogP contribution in [0.25, 0.3) is 0 Å². The third-order valence-electron chi connectivity index (χ3n) is 2.70. The molecule has 19 heavy (non-hydrogen) atoms. The van der Waals surface area contributed by atoms with E-state index in [1.807, 2.05) is 31.2 Å². The van der Waals surface area contributed by atoms with Gasteiger partial charge in [-0.05, 0) is 48.9 Å². The first-order chi connectivity index (χ1) is 8.97. The topological polar surface area (TPSA) is 38.0 Å². The highest BCUT2D eigenvalue weighted by Crippen LogP contribution is 2.27. The normalized spacial score (nSPS) is 10.3. The van der Waals surface area contributed by atoms with Crippen LogP contribution in [-0.2, 0) is 0 Å². The van der Waals surface area contributed by atoms with Crippen LogP contribution in [0.1, 0.15) is 11.1 Å². The van der Waals surface area contributed by atoms with Gasteiger partial charge in [0.25, 0.3) is 0 Å². The molecular formula is C14H12Cl2N2S. The minimum atomic E-state index is 0.302. The Balaban J connectivity index is 2.40. The van der Waals surface area contributed by atoms with Crippen molar-refractivity contribution in [2.75, 3.05) is 5.32 Å². The van der Waals surface area contributed by atoms with Crippen molar-refractivity contribution in [3.63, 3.8) is 0 Å². The van der Waals surface area contributed by atoms with Gasteiger partial charge < -0.3 is 11.1 Å². The Labute approximate surface area is 127 Å². The molecule has 2 rings (SSSR count). The molecule has 5 heteroatoms. The molecule has 0 heterocycles. The van der Waals surface area contributed by atoms with E-state index in [0.717, 1.165) is 22.5 Å². The van der Waals surface area contributed by atoms with E-state index in [4.69, 9.17) is 41.2 Å². The molecule has 2 aromatic rings. The van der Waals surface area contributed by atoms with Crippen LogP contribution in [0.15, 0.2) is 36.4 Å². The summed E-state index contributed by atoms with van der Waals surface area (Å²) in [7, 11) is 0.